The molecule has 1 saturated heterocycles. The zero-order valence-electron chi connectivity index (χ0n) is 12.5. The van der Waals surface area contributed by atoms with Gasteiger partial charge >= 0.3 is 5.97 Å². The second-order valence-corrected chi connectivity index (χ2v) is 5.87. The van der Waals surface area contributed by atoms with Crippen molar-refractivity contribution in [3.05, 3.63) is 76.6 Å². The van der Waals surface area contributed by atoms with Crippen molar-refractivity contribution in [2.24, 2.45) is 10.2 Å². The van der Waals surface area contributed by atoms with Crippen LogP contribution in [0.2, 0.25) is 5.02 Å². The maximum Gasteiger partial charge on any atom is 0.378 e. The first-order valence-electron chi connectivity index (χ1n) is 7.44. The van der Waals surface area contributed by atoms with Crippen LogP contribution in [0, 0.1) is 0 Å². The van der Waals surface area contributed by atoms with Crippen molar-refractivity contribution in [1.82, 2.24) is 5.59 Å². The first-order chi connectivity index (χ1) is 11.7. The van der Waals surface area contributed by atoms with Crippen molar-refractivity contribution in [2.45, 2.75) is 12.5 Å². The Morgan fingerprint density at radius 2 is 1.88 bits per heavy atom. The molecule has 0 radical (unpaired) electrons. The lowest BCUT2D eigenvalue weighted by atomic mass is 10.0. The number of para-hydroxylation sites is 1. The molecule has 0 bridgehead atoms. The van der Waals surface area contributed by atoms with Crippen LogP contribution in [-0.2, 0) is 9.63 Å². The van der Waals surface area contributed by atoms with Crippen molar-refractivity contribution in [3.63, 3.8) is 0 Å². The molecule has 1 fully saturated rings. The van der Waals surface area contributed by atoms with Gasteiger partial charge in [0.15, 0.2) is 5.70 Å². The van der Waals surface area contributed by atoms with Crippen LogP contribution < -0.4 is 10.6 Å². The quantitative estimate of drug-likeness (QED) is 0.841. The van der Waals surface area contributed by atoms with E-state index >= 15 is 0 Å². The zero-order valence-corrected chi connectivity index (χ0v) is 13.3. The summed E-state index contributed by atoms with van der Waals surface area (Å²) in [6.45, 7) is 0. The Hall–Kier alpha value is -2.70. The van der Waals surface area contributed by atoms with Crippen molar-refractivity contribution >= 4 is 23.3 Å². The van der Waals surface area contributed by atoms with Gasteiger partial charge in [0.25, 0.3) is 0 Å². The fourth-order valence-corrected chi connectivity index (χ4v) is 2.82. The van der Waals surface area contributed by atoms with Crippen LogP contribution in [0.3, 0.4) is 0 Å². The van der Waals surface area contributed by atoms with Gasteiger partial charge < -0.3 is 4.84 Å². The van der Waals surface area contributed by atoms with Crippen LogP contribution in [-0.4, -0.2) is 5.97 Å². The predicted octanol–water partition coefficient (Wildman–Crippen LogP) is 3.93. The first-order valence-corrected chi connectivity index (χ1v) is 7.81. The van der Waals surface area contributed by atoms with Crippen LogP contribution in [0.25, 0.3) is 0 Å². The highest BCUT2D eigenvalue weighted by molar-refractivity contribution is 6.30. The van der Waals surface area contributed by atoms with Gasteiger partial charge in [-0.2, -0.15) is 10.2 Å². The second-order valence-electron chi connectivity index (χ2n) is 5.43. The van der Waals surface area contributed by atoms with Gasteiger partial charge in [-0.15, -0.1) is 0 Å². The zero-order chi connectivity index (χ0) is 16.5. The van der Waals surface area contributed by atoms with E-state index in [1.807, 2.05) is 54.6 Å². The molecule has 0 amide bonds. The van der Waals surface area contributed by atoms with Crippen LogP contribution in [0.15, 0.2) is 76.2 Å². The number of halogens is 1. The molecule has 2 aromatic carbocycles. The fourth-order valence-electron chi connectivity index (χ4n) is 2.70. The van der Waals surface area contributed by atoms with E-state index < -0.39 is 5.97 Å². The van der Waals surface area contributed by atoms with Gasteiger partial charge in [-0.25, -0.2) is 9.80 Å². The Bertz CT molecular complexity index is 833. The van der Waals surface area contributed by atoms with Crippen molar-refractivity contribution < 1.29 is 9.63 Å². The molecule has 1 atom stereocenters. The molecule has 2 heterocycles. The Balaban J connectivity index is 1.65. The number of rotatable bonds is 2. The molecule has 7 heteroatoms. The van der Waals surface area contributed by atoms with Gasteiger partial charge in [0.2, 0.25) is 0 Å². The van der Waals surface area contributed by atoms with E-state index in [-0.39, 0.29) is 6.04 Å². The molecule has 2 aliphatic heterocycles. The lowest BCUT2D eigenvalue weighted by Gasteiger charge is -2.16. The Labute approximate surface area is 143 Å². The monoisotopic (exact) mass is 340 g/mol. The maximum atomic E-state index is 12.1. The van der Waals surface area contributed by atoms with Gasteiger partial charge in [-0.3, -0.25) is 0 Å². The number of nitrogens with one attached hydrogen (secondary N) is 1. The summed E-state index contributed by atoms with van der Waals surface area (Å²) in [6.07, 6.45) is 0.525. The summed E-state index contributed by atoms with van der Waals surface area (Å²) in [5, 5.41) is 10.8. The number of hydrazine groups is 1. The molecular weight excluding hydrogens is 328 g/mol. The lowest BCUT2D eigenvalue weighted by molar-refractivity contribution is -0.140. The number of anilines is 1. The molecule has 2 aliphatic rings. The van der Waals surface area contributed by atoms with E-state index in [9.17, 15) is 4.79 Å². The van der Waals surface area contributed by atoms with E-state index in [1.54, 1.807) is 5.01 Å². The summed E-state index contributed by atoms with van der Waals surface area (Å²) >= 11 is 5.92. The van der Waals surface area contributed by atoms with Gasteiger partial charge in [-0.1, -0.05) is 47.5 Å². The first kappa shape index (κ1) is 14.9. The molecule has 1 N–H and O–H groups in total. The summed E-state index contributed by atoms with van der Waals surface area (Å²) in [5.41, 5.74) is 5.36. The minimum atomic E-state index is -0.468. The molecule has 6 nitrogen and oxygen atoms in total. The number of hydrogen-bond donors (Lipinski definition) is 1. The fraction of sp³-hybridized carbons (Fsp3) is 0.118. The number of nitrogens with zero attached hydrogens (tertiary/aromatic N) is 3. The molecule has 0 aliphatic carbocycles. The van der Waals surface area contributed by atoms with Crippen molar-refractivity contribution in [2.75, 3.05) is 5.01 Å². The number of azo groups is 1. The number of hydrogen-bond acceptors (Lipinski definition) is 6. The average Bonchev–Trinajstić information content (AvgIpc) is 3.23. The van der Waals surface area contributed by atoms with E-state index in [2.05, 4.69) is 15.8 Å². The highest BCUT2D eigenvalue weighted by Crippen LogP contribution is 2.37. The Morgan fingerprint density at radius 1 is 1.12 bits per heavy atom. The van der Waals surface area contributed by atoms with Gasteiger partial charge in [0.05, 0.1) is 11.4 Å². The van der Waals surface area contributed by atoms with Crippen molar-refractivity contribution in [3.8, 4) is 0 Å². The molecule has 120 valence electrons. The largest absolute Gasteiger partial charge is 0.378 e. The summed E-state index contributed by atoms with van der Waals surface area (Å²) in [5.74, 6) is -0.468. The molecular formula is C17H13ClN4O2. The Kier molecular flexibility index (Phi) is 3.76. The maximum absolute atomic E-state index is 12.1. The van der Waals surface area contributed by atoms with Crippen LogP contribution in [0.5, 0.6) is 0 Å². The highest BCUT2D eigenvalue weighted by atomic mass is 35.5. The molecule has 1 unspecified atom stereocenters. The molecule has 24 heavy (non-hydrogen) atoms. The highest BCUT2D eigenvalue weighted by Gasteiger charge is 2.35. The summed E-state index contributed by atoms with van der Waals surface area (Å²) < 4.78 is 0. The standard InChI is InChI=1S/C17H13ClN4O2/c18-12-8-6-11(7-9-12)14-10-15(20-19-14)16-17(23)24-21-22(16)13-4-2-1-3-5-13/h1-9,14,21H,10H2. The van der Waals surface area contributed by atoms with Gasteiger partial charge in [0.1, 0.15) is 6.04 Å². The summed E-state index contributed by atoms with van der Waals surface area (Å²) in [6, 6.07) is 16.8. The third-order valence-corrected chi connectivity index (χ3v) is 4.15. The van der Waals surface area contributed by atoms with E-state index in [0.717, 1.165) is 11.3 Å². The number of benzene rings is 2. The number of carbonyl (C=O) groups is 1. The van der Waals surface area contributed by atoms with Gasteiger partial charge in [0, 0.05) is 11.4 Å². The molecule has 0 saturated carbocycles. The SMILES string of the molecule is O=C1ONN(c2ccccc2)C1=C1CC(c2ccc(Cl)cc2)N=N1. The molecule has 0 spiro atoms. The normalized spacial score (nSPS) is 23.0. The van der Waals surface area contributed by atoms with Gasteiger partial charge in [-0.05, 0) is 29.8 Å². The van der Waals surface area contributed by atoms with Crippen LogP contribution >= 0.6 is 11.6 Å². The Morgan fingerprint density at radius 3 is 2.62 bits per heavy atom. The number of carbonyl (C=O) groups excluding carboxylic acids is 1. The molecule has 4 rings (SSSR count). The lowest BCUT2D eigenvalue weighted by Crippen LogP contribution is -2.29. The van der Waals surface area contributed by atoms with Crippen LogP contribution in [0.4, 0.5) is 5.69 Å². The van der Waals surface area contributed by atoms with E-state index in [1.165, 1.54) is 0 Å². The smallest absolute Gasteiger partial charge is 0.345 e. The van der Waals surface area contributed by atoms with Crippen molar-refractivity contribution in [1.29, 1.82) is 0 Å². The van der Waals surface area contributed by atoms with E-state index in [0.29, 0.717) is 22.8 Å². The minimum absolute atomic E-state index is 0.129. The third-order valence-electron chi connectivity index (χ3n) is 3.89. The topological polar surface area (TPSA) is 66.3 Å². The third kappa shape index (κ3) is 2.66. The predicted molar refractivity (Wildman–Crippen MR) is 88.8 cm³/mol. The second kappa shape index (κ2) is 6.07. The van der Waals surface area contributed by atoms with Crippen LogP contribution in [0.1, 0.15) is 18.0 Å². The minimum Gasteiger partial charge on any atom is -0.345 e. The summed E-state index contributed by atoms with van der Waals surface area (Å²) in [7, 11) is 0. The van der Waals surface area contributed by atoms with E-state index in [4.69, 9.17) is 16.4 Å². The summed E-state index contributed by atoms with van der Waals surface area (Å²) in [4.78, 5) is 17.1. The molecule has 0 aromatic heterocycles. The molecule has 2 aromatic rings. The average molecular weight is 341 g/mol.